The van der Waals surface area contributed by atoms with Crippen LogP contribution in [0.25, 0.3) is 5.69 Å². The van der Waals surface area contributed by atoms with Crippen molar-refractivity contribution in [1.82, 2.24) is 9.78 Å². The Morgan fingerprint density at radius 1 is 1.20 bits per heavy atom. The molecule has 1 heterocycles. The highest BCUT2D eigenvalue weighted by molar-refractivity contribution is 9.10. The zero-order valence-corrected chi connectivity index (χ0v) is 12.3. The van der Waals surface area contributed by atoms with Crippen LogP contribution in [0.3, 0.4) is 0 Å². The zero-order valence-electron chi connectivity index (χ0n) is 10.8. The molecule has 0 saturated carbocycles. The fourth-order valence-electron chi connectivity index (χ4n) is 1.80. The molecule has 1 aromatic carbocycles. The minimum absolute atomic E-state index is 0.0905. The van der Waals surface area contributed by atoms with E-state index in [1.807, 2.05) is 13.8 Å². The van der Waals surface area contributed by atoms with Gasteiger partial charge in [-0.15, -0.1) is 0 Å². The van der Waals surface area contributed by atoms with E-state index in [-0.39, 0.29) is 11.5 Å². The van der Waals surface area contributed by atoms with Gasteiger partial charge in [-0.1, -0.05) is 13.8 Å². The molecule has 3 nitrogen and oxygen atoms in total. The maximum Gasteiger partial charge on any atom is 0.416 e. The quantitative estimate of drug-likeness (QED) is 0.872. The normalized spacial score (nSPS) is 12.2. The summed E-state index contributed by atoms with van der Waals surface area (Å²) >= 11 is 3.20. The minimum Gasteiger partial charge on any atom is -0.294 e. The van der Waals surface area contributed by atoms with Crippen LogP contribution in [0.4, 0.5) is 13.2 Å². The van der Waals surface area contributed by atoms with Crippen LogP contribution >= 0.6 is 15.9 Å². The number of nitrogens with zero attached hydrogens (tertiary/aromatic N) is 1. The lowest BCUT2D eigenvalue weighted by molar-refractivity contribution is -0.137. The van der Waals surface area contributed by atoms with Crippen molar-refractivity contribution in [2.75, 3.05) is 0 Å². The van der Waals surface area contributed by atoms with Crippen LogP contribution in [-0.4, -0.2) is 9.78 Å². The summed E-state index contributed by atoms with van der Waals surface area (Å²) in [6.45, 7) is 3.82. The van der Waals surface area contributed by atoms with Gasteiger partial charge in [-0.25, -0.2) is 4.68 Å². The molecule has 0 fully saturated rings. The van der Waals surface area contributed by atoms with Crippen LogP contribution in [-0.2, 0) is 6.18 Å². The fourth-order valence-corrected chi connectivity index (χ4v) is 2.52. The molecule has 2 rings (SSSR count). The van der Waals surface area contributed by atoms with Gasteiger partial charge in [0, 0.05) is 0 Å². The van der Waals surface area contributed by atoms with E-state index in [0.717, 1.165) is 12.1 Å². The molecule has 0 atom stereocenters. The van der Waals surface area contributed by atoms with Gasteiger partial charge < -0.3 is 0 Å². The number of nitrogens with one attached hydrogen (secondary N) is 1. The number of alkyl halides is 3. The average Bonchev–Trinajstić information content (AvgIpc) is 2.66. The highest BCUT2D eigenvalue weighted by Crippen LogP contribution is 2.29. The molecule has 0 saturated heterocycles. The van der Waals surface area contributed by atoms with Crippen molar-refractivity contribution in [2.45, 2.75) is 25.9 Å². The fraction of sp³-hybridized carbons (Fsp3) is 0.308. The van der Waals surface area contributed by atoms with Gasteiger partial charge in [0.2, 0.25) is 0 Å². The van der Waals surface area contributed by atoms with Crippen LogP contribution < -0.4 is 5.56 Å². The third-order valence-electron chi connectivity index (χ3n) is 2.89. The van der Waals surface area contributed by atoms with Crippen molar-refractivity contribution < 1.29 is 13.2 Å². The Morgan fingerprint density at radius 3 is 2.15 bits per heavy atom. The first-order valence-electron chi connectivity index (χ1n) is 5.90. The summed E-state index contributed by atoms with van der Waals surface area (Å²) in [4.78, 5) is 12.0. The van der Waals surface area contributed by atoms with E-state index in [9.17, 15) is 18.0 Å². The number of aromatic nitrogens is 2. The largest absolute Gasteiger partial charge is 0.416 e. The van der Waals surface area contributed by atoms with E-state index in [1.165, 1.54) is 16.8 Å². The molecule has 0 unspecified atom stereocenters. The monoisotopic (exact) mass is 348 g/mol. The molecule has 1 aromatic heterocycles. The molecule has 2 aromatic rings. The minimum atomic E-state index is -4.39. The van der Waals surface area contributed by atoms with E-state index in [2.05, 4.69) is 21.0 Å². The van der Waals surface area contributed by atoms with Crippen molar-refractivity contribution in [3.63, 3.8) is 0 Å². The molecule has 0 aliphatic rings. The summed E-state index contributed by atoms with van der Waals surface area (Å²) < 4.78 is 39.1. The molecule has 1 N–H and O–H groups in total. The molecule has 108 valence electrons. The maximum atomic E-state index is 12.5. The van der Waals surface area contributed by atoms with Crippen molar-refractivity contribution in [2.24, 2.45) is 0 Å². The molecule has 20 heavy (non-hydrogen) atoms. The molecule has 7 heteroatoms. The summed E-state index contributed by atoms with van der Waals surface area (Å²) in [6, 6.07) is 4.42. The lowest BCUT2D eigenvalue weighted by Crippen LogP contribution is -2.15. The van der Waals surface area contributed by atoms with Gasteiger partial charge in [-0.05, 0) is 46.1 Å². The predicted octanol–water partition coefficient (Wildman–Crippen LogP) is 4.07. The van der Waals surface area contributed by atoms with Crippen molar-refractivity contribution >= 4 is 15.9 Å². The SMILES string of the molecule is CC(C)c1[nH]n(-c2ccc(C(F)(F)F)cc2)c(=O)c1Br. The Hall–Kier alpha value is -1.50. The number of rotatable bonds is 2. The van der Waals surface area contributed by atoms with E-state index >= 15 is 0 Å². The number of halogens is 4. The Bertz CT molecular complexity index is 668. The van der Waals surface area contributed by atoms with Gasteiger partial charge in [0.05, 0.1) is 16.9 Å². The second kappa shape index (κ2) is 5.12. The number of hydrogen-bond donors (Lipinski definition) is 1. The number of H-pyrrole nitrogens is 1. The van der Waals surface area contributed by atoms with Crippen molar-refractivity contribution in [1.29, 1.82) is 0 Å². The molecule has 0 amide bonds. The van der Waals surface area contributed by atoms with Crippen LogP contribution in [0.2, 0.25) is 0 Å². The van der Waals surface area contributed by atoms with E-state index in [0.29, 0.717) is 15.9 Å². The summed E-state index contributed by atoms with van der Waals surface area (Å²) in [7, 11) is 0. The highest BCUT2D eigenvalue weighted by Gasteiger charge is 2.30. The Balaban J connectivity index is 2.48. The second-order valence-corrected chi connectivity index (χ2v) is 5.47. The predicted molar refractivity (Wildman–Crippen MR) is 73.2 cm³/mol. The van der Waals surface area contributed by atoms with E-state index in [1.54, 1.807) is 0 Å². The molecular formula is C13H12BrF3N2O. The van der Waals surface area contributed by atoms with E-state index < -0.39 is 11.7 Å². The van der Waals surface area contributed by atoms with Gasteiger partial charge in [-0.2, -0.15) is 13.2 Å². The first-order valence-corrected chi connectivity index (χ1v) is 6.69. The summed E-state index contributed by atoms with van der Waals surface area (Å²) in [5.74, 6) is 0.0905. The first kappa shape index (κ1) is 14.9. The van der Waals surface area contributed by atoms with Crippen LogP contribution in [0.15, 0.2) is 33.5 Å². The lowest BCUT2D eigenvalue weighted by atomic mass is 10.1. The third-order valence-corrected chi connectivity index (χ3v) is 3.66. The molecule has 0 aliphatic heterocycles. The van der Waals surface area contributed by atoms with E-state index in [4.69, 9.17) is 0 Å². The molecule has 0 bridgehead atoms. The topological polar surface area (TPSA) is 37.8 Å². The van der Waals surface area contributed by atoms with Crippen molar-refractivity contribution in [3.8, 4) is 5.69 Å². The van der Waals surface area contributed by atoms with Gasteiger partial charge in [0.25, 0.3) is 5.56 Å². The second-order valence-electron chi connectivity index (χ2n) is 4.68. The summed E-state index contributed by atoms with van der Waals surface area (Å²) in [5, 5.41) is 2.90. The standard InChI is InChI=1S/C13H12BrF3N2O/c1-7(2)11-10(14)12(20)19(18-11)9-5-3-8(4-6-9)13(15,16)17/h3-7,18H,1-2H3. The highest BCUT2D eigenvalue weighted by atomic mass is 79.9. The van der Waals surface area contributed by atoms with Crippen molar-refractivity contribution in [3.05, 3.63) is 50.3 Å². The molecular weight excluding hydrogens is 337 g/mol. The van der Waals surface area contributed by atoms with Gasteiger partial charge in [-0.3, -0.25) is 9.89 Å². The van der Waals surface area contributed by atoms with Gasteiger partial charge in [0.1, 0.15) is 4.47 Å². The molecule has 0 spiro atoms. The smallest absolute Gasteiger partial charge is 0.294 e. The summed E-state index contributed by atoms with van der Waals surface area (Å²) in [6.07, 6.45) is -4.39. The third kappa shape index (κ3) is 2.67. The zero-order chi connectivity index (χ0) is 15.1. The Morgan fingerprint density at radius 2 is 1.75 bits per heavy atom. The lowest BCUT2D eigenvalue weighted by Gasteiger charge is -2.08. The number of benzene rings is 1. The average molecular weight is 349 g/mol. The molecule has 0 radical (unpaired) electrons. The number of aromatic amines is 1. The van der Waals surface area contributed by atoms with Crippen LogP contribution in [0, 0.1) is 0 Å². The number of hydrogen-bond acceptors (Lipinski definition) is 1. The van der Waals surface area contributed by atoms with Gasteiger partial charge >= 0.3 is 6.18 Å². The van der Waals surface area contributed by atoms with Crippen LogP contribution in [0.5, 0.6) is 0 Å². The Labute approximate surface area is 121 Å². The maximum absolute atomic E-state index is 12.5. The molecule has 0 aliphatic carbocycles. The Kier molecular flexibility index (Phi) is 3.82. The van der Waals surface area contributed by atoms with Crippen LogP contribution in [0.1, 0.15) is 31.0 Å². The first-order chi connectivity index (χ1) is 9.21. The van der Waals surface area contributed by atoms with Gasteiger partial charge in [0.15, 0.2) is 0 Å². The summed E-state index contributed by atoms with van der Waals surface area (Å²) in [5.41, 5.74) is -0.0111.